The van der Waals surface area contributed by atoms with E-state index < -0.39 is 0 Å². The predicted octanol–water partition coefficient (Wildman–Crippen LogP) is 2.43. The fraction of sp³-hybridized carbons (Fsp3) is 0.111. The lowest BCUT2D eigenvalue weighted by atomic mass is 10.2. The van der Waals surface area contributed by atoms with Crippen molar-refractivity contribution in [2.75, 3.05) is 0 Å². The van der Waals surface area contributed by atoms with Gasteiger partial charge in [-0.1, -0.05) is 6.07 Å². The Kier molecular flexibility index (Phi) is 2.02. The van der Waals surface area contributed by atoms with E-state index in [0.29, 0.717) is 5.28 Å². The van der Waals surface area contributed by atoms with Gasteiger partial charge in [0.05, 0.1) is 5.69 Å². The molecular formula is C9H8ClN3. The molecule has 0 saturated heterocycles. The number of aromatic nitrogens is 3. The zero-order valence-electron chi connectivity index (χ0n) is 7.08. The van der Waals surface area contributed by atoms with Gasteiger partial charge in [-0.2, -0.15) is 0 Å². The number of nitrogens with zero attached hydrogens (tertiary/aromatic N) is 2. The van der Waals surface area contributed by atoms with Crippen molar-refractivity contribution in [2.45, 2.75) is 6.92 Å². The molecule has 0 saturated carbocycles. The molecular weight excluding hydrogens is 186 g/mol. The molecule has 0 atom stereocenters. The van der Waals surface area contributed by atoms with Crippen LogP contribution in [0.2, 0.25) is 5.28 Å². The van der Waals surface area contributed by atoms with Crippen molar-refractivity contribution < 1.29 is 0 Å². The van der Waals surface area contributed by atoms with Gasteiger partial charge >= 0.3 is 0 Å². The number of H-pyrrole nitrogens is 1. The van der Waals surface area contributed by atoms with E-state index in [0.717, 1.165) is 17.1 Å². The molecule has 2 aromatic heterocycles. The van der Waals surface area contributed by atoms with Crippen molar-refractivity contribution >= 4 is 11.6 Å². The van der Waals surface area contributed by atoms with Crippen molar-refractivity contribution in [3.05, 3.63) is 35.4 Å². The average Bonchev–Trinajstić information content (AvgIpc) is 2.47. The minimum atomic E-state index is 0.401. The topological polar surface area (TPSA) is 41.6 Å². The molecule has 0 radical (unpaired) electrons. The highest BCUT2D eigenvalue weighted by molar-refractivity contribution is 6.28. The van der Waals surface area contributed by atoms with Crippen LogP contribution in [0.3, 0.4) is 0 Å². The van der Waals surface area contributed by atoms with Crippen molar-refractivity contribution in [2.24, 2.45) is 0 Å². The van der Waals surface area contributed by atoms with Crippen molar-refractivity contribution in [3.63, 3.8) is 0 Å². The first-order valence-corrected chi connectivity index (χ1v) is 4.28. The average molecular weight is 194 g/mol. The molecule has 0 aliphatic heterocycles. The van der Waals surface area contributed by atoms with Gasteiger partial charge in [-0.05, 0) is 30.7 Å². The lowest BCUT2D eigenvalue weighted by Gasteiger charge is -1.94. The quantitative estimate of drug-likeness (QED) is 0.756. The SMILES string of the molecule is Cc1[nH]c(Cl)nc1-c1ccccn1. The molecule has 0 fully saturated rings. The molecule has 3 nitrogen and oxygen atoms in total. The molecule has 2 heterocycles. The van der Waals surface area contributed by atoms with E-state index in [9.17, 15) is 0 Å². The predicted molar refractivity (Wildman–Crippen MR) is 51.6 cm³/mol. The van der Waals surface area contributed by atoms with E-state index >= 15 is 0 Å². The minimum Gasteiger partial charge on any atom is -0.332 e. The van der Waals surface area contributed by atoms with Gasteiger partial charge in [0.15, 0.2) is 0 Å². The van der Waals surface area contributed by atoms with Gasteiger partial charge in [-0.25, -0.2) is 4.98 Å². The van der Waals surface area contributed by atoms with Crippen LogP contribution in [0.4, 0.5) is 0 Å². The molecule has 4 heteroatoms. The molecule has 0 unspecified atom stereocenters. The van der Waals surface area contributed by atoms with Crippen LogP contribution in [-0.2, 0) is 0 Å². The summed E-state index contributed by atoms with van der Waals surface area (Å²) in [5.74, 6) is 0. The summed E-state index contributed by atoms with van der Waals surface area (Å²) < 4.78 is 0. The Morgan fingerprint density at radius 2 is 2.23 bits per heavy atom. The first kappa shape index (κ1) is 8.26. The summed E-state index contributed by atoms with van der Waals surface area (Å²) in [6, 6.07) is 5.69. The van der Waals surface area contributed by atoms with E-state index in [1.807, 2.05) is 25.1 Å². The summed E-state index contributed by atoms with van der Waals surface area (Å²) in [7, 11) is 0. The molecule has 13 heavy (non-hydrogen) atoms. The maximum atomic E-state index is 5.72. The highest BCUT2D eigenvalue weighted by atomic mass is 35.5. The number of rotatable bonds is 1. The second-order valence-electron chi connectivity index (χ2n) is 2.72. The van der Waals surface area contributed by atoms with Crippen LogP contribution >= 0.6 is 11.6 Å². The third kappa shape index (κ3) is 1.55. The summed E-state index contributed by atoms with van der Waals surface area (Å²) in [6.45, 7) is 1.92. The summed E-state index contributed by atoms with van der Waals surface area (Å²) in [5.41, 5.74) is 2.58. The summed E-state index contributed by atoms with van der Waals surface area (Å²) >= 11 is 5.72. The van der Waals surface area contributed by atoms with Gasteiger partial charge < -0.3 is 4.98 Å². The van der Waals surface area contributed by atoms with Gasteiger partial charge in [-0.15, -0.1) is 0 Å². The Morgan fingerprint density at radius 3 is 2.77 bits per heavy atom. The normalized spacial score (nSPS) is 10.3. The zero-order valence-corrected chi connectivity index (χ0v) is 7.84. The second-order valence-corrected chi connectivity index (χ2v) is 3.07. The summed E-state index contributed by atoms with van der Waals surface area (Å²) in [5, 5.41) is 0.401. The van der Waals surface area contributed by atoms with Crippen molar-refractivity contribution in [3.8, 4) is 11.4 Å². The summed E-state index contributed by atoms with van der Waals surface area (Å²) in [6.07, 6.45) is 1.73. The number of hydrogen-bond acceptors (Lipinski definition) is 2. The van der Waals surface area contributed by atoms with E-state index in [-0.39, 0.29) is 0 Å². The van der Waals surface area contributed by atoms with Gasteiger partial charge in [0.25, 0.3) is 0 Å². The van der Waals surface area contributed by atoms with E-state index in [4.69, 9.17) is 11.6 Å². The number of nitrogens with one attached hydrogen (secondary N) is 1. The van der Waals surface area contributed by atoms with E-state index in [1.54, 1.807) is 6.20 Å². The van der Waals surface area contributed by atoms with Crippen LogP contribution in [-0.4, -0.2) is 15.0 Å². The highest BCUT2D eigenvalue weighted by Gasteiger charge is 2.07. The standard InChI is InChI=1S/C9H8ClN3/c1-6-8(13-9(10)12-6)7-4-2-3-5-11-7/h2-5H,1H3,(H,12,13). The van der Waals surface area contributed by atoms with Crippen LogP contribution in [0.1, 0.15) is 5.69 Å². The fourth-order valence-corrected chi connectivity index (χ4v) is 1.40. The van der Waals surface area contributed by atoms with Gasteiger partial charge in [-0.3, -0.25) is 4.98 Å². The van der Waals surface area contributed by atoms with Crippen LogP contribution in [0.15, 0.2) is 24.4 Å². The second kappa shape index (κ2) is 3.18. The minimum absolute atomic E-state index is 0.401. The highest BCUT2D eigenvalue weighted by Crippen LogP contribution is 2.19. The number of halogens is 1. The maximum Gasteiger partial charge on any atom is 0.200 e. The molecule has 0 bridgehead atoms. The lowest BCUT2D eigenvalue weighted by Crippen LogP contribution is -1.83. The number of imidazole rings is 1. The van der Waals surface area contributed by atoms with Gasteiger partial charge in [0.1, 0.15) is 5.69 Å². The van der Waals surface area contributed by atoms with Crippen molar-refractivity contribution in [1.82, 2.24) is 15.0 Å². The van der Waals surface area contributed by atoms with Crippen LogP contribution < -0.4 is 0 Å². The first-order chi connectivity index (χ1) is 6.27. The molecule has 2 aromatic rings. The Balaban J connectivity index is 2.53. The Hall–Kier alpha value is -1.35. The monoisotopic (exact) mass is 193 g/mol. The summed E-state index contributed by atoms with van der Waals surface area (Å²) in [4.78, 5) is 11.2. The Labute approximate surface area is 80.8 Å². The molecule has 0 aliphatic carbocycles. The molecule has 0 aromatic carbocycles. The van der Waals surface area contributed by atoms with Crippen LogP contribution in [0.25, 0.3) is 11.4 Å². The third-order valence-corrected chi connectivity index (χ3v) is 1.94. The molecule has 66 valence electrons. The van der Waals surface area contributed by atoms with E-state index in [2.05, 4.69) is 15.0 Å². The largest absolute Gasteiger partial charge is 0.332 e. The van der Waals surface area contributed by atoms with Gasteiger partial charge in [0, 0.05) is 11.9 Å². The molecule has 0 aliphatic rings. The third-order valence-electron chi connectivity index (χ3n) is 1.76. The molecule has 2 rings (SSSR count). The van der Waals surface area contributed by atoms with Crippen molar-refractivity contribution in [1.29, 1.82) is 0 Å². The lowest BCUT2D eigenvalue weighted by molar-refractivity contribution is 1.25. The molecule has 0 spiro atoms. The fourth-order valence-electron chi connectivity index (χ4n) is 1.18. The number of pyridine rings is 1. The van der Waals surface area contributed by atoms with Crippen LogP contribution in [0, 0.1) is 6.92 Å². The molecule has 0 amide bonds. The number of aromatic amines is 1. The Bertz CT molecular complexity index is 408. The van der Waals surface area contributed by atoms with E-state index in [1.165, 1.54) is 0 Å². The number of hydrogen-bond donors (Lipinski definition) is 1. The first-order valence-electron chi connectivity index (χ1n) is 3.91. The zero-order chi connectivity index (χ0) is 9.26. The van der Waals surface area contributed by atoms with Crippen LogP contribution in [0.5, 0.6) is 0 Å². The molecule has 1 N–H and O–H groups in total. The number of aryl methyl sites for hydroxylation is 1. The Morgan fingerprint density at radius 1 is 1.38 bits per heavy atom. The van der Waals surface area contributed by atoms with Gasteiger partial charge in [0.2, 0.25) is 5.28 Å². The maximum absolute atomic E-state index is 5.72. The smallest absolute Gasteiger partial charge is 0.200 e.